The highest BCUT2D eigenvalue weighted by atomic mass is 79.9. The minimum atomic E-state index is -0.345. The molecule has 0 aliphatic carbocycles. The van der Waals surface area contributed by atoms with Crippen molar-refractivity contribution in [1.82, 2.24) is 5.32 Å². The Balaban J connectivity index is 2.31. The van der Waals surface area contributed by atoms with Gasteiger partial charge in [0.25, 0.3) is 0 Å². The normalized spacial score (nSPS) is 10.2. The summed E-state index contributed by atoms with van der Waals surface area (Å²) < 4.78 is 19.4. The van der Waals surface area contributed by atoms with Gasteiger partial charge in [0.1, 0.15) is 5.82 Å². The molecule has 0 amide bonds. The maximum absolute atomic E-state index is 13.5. The predicted octanol–water partition coefficient (Wildman–Crippen LogP) is 3.30. The van der Waals surface area contributed by atoms with Crippen LogP contribution in [0, 0.1) is 5.82 Å². The van der Waals surface area contributed by atoms with E-state index in [1.165, 1.54) is 6.07 Å². The molecule has 1 aromatic rings. The summed E-state index contributed by atoms with van der Waals surface area (Å²) in [5.41, 5.74) is 0.362. The van der Waals surface area contributed by atoms with E-state index < -0.39 is 0 Å². The summed E-state index contributed by atoms with van der Waals surface area (Å²) in [7, 11) is 0. The third kappa shape index (κ3) is 5.75. The average molecular weight is 335 g/mol. The fraction of sp³-hybridized carbons (Fsp3) is 0.417. The molecule has 0 saturated heterocycles. The van der Waals surface area contributed by atoms with Gasteiger partial charge in [-0.25, -0.2) is 4.39 Å². The van der Waals surface area contributed by atoms with Crippen molar-refractivity contribution in [2.24, 2.45) is 0 Å². The van der Waals surface area contributed by atoms with Gasteiger partial charge in [-0.05, 0) is 43.8 Å². The second-order valence-corrected chi connectivity index (χ2v) is 4.88. The van der Waals surface area contributed by atoms with Gasteiger partial charge in [-0.2, -0.15) is 0 Å². The molecule has 0 unspecified atom stereocenters. The largest absolute Gasteiger partial charge is 0.382 e. The van der Waals surface area contributed by atoms with E-state index in [9.17, 15) is 4.39 Å². The van der Waals surface area contributed by atoms with Crippen molar-refractivity contribution >= 4 is 38.9 Å². The zero-order valence-electron chi connectivity index (χ0n) is 10.1. The topological polar surface area (TPSA) is 33.3 Å². The van der Waals surface area contributed by atoms with Crippen molar-refractivity contribution in [2.45, 2.75) is 13.3 Å². The van der Waals surface area contributed by atoms with Crippen molar-refractivity contribution in [2.75, 3.05) is 25.1 Å². The molecule has 0 aromatic heterocycles. The Labute approximate surface area is 120 Å². The van der Waals surface area contributed by atoms with E-state index in [1.807, 2.05) is 6.92 Å². The van der Waals surface area contributed by atoms with E-state index in [0.717, 1.165) is 6.42 Å². The lowest BCUT2D eigenvalue weighted by Crippen LogP contribution is -2.30. The molecule has 100 valence electrons. The van der Waals surface area contributed by atoms with Crippen LogP contribution >= 0.6 is 28.1 Å². The van der Waals surface area contributed by atoms with Crippen molar-refractivity contribution in [3.05, 3.63) is 28.5 Å². The summed E-state index contributed by atoms with van der Waals surface area (Å²) in [5, 5.41) is 6.22. The van der Waals surface area contributed by atoms with Crippen LogP contribution in [0.1, 0.15) is 13.3 Å². The molecule has 0 atom stereocenters. The van der Waals surface area contributed by atoms with Crippen molar-refractivity contribution in [1.29, 1.82) is 0 Å². The van der Waals surface area contributed by atoms with Crippen LogP contribution in [0.4, 0.5) is 10.1 Å². The van der Waals surface area contributed by atoms with Gasteiger partial charge in [-0.1, -0.05) is 15.9 Å². The number of hydrogen-bond donors (Lipinski definition) is 2. The third-order valence-electron chi connectivity index (χ3n) is 2.13. The van der Waals surface area contributed by atoms with Gasteiger partial charge >= 0.3 is 0 Å². The van der Waals surface area contributed by atoms with Gasteiger partial charge in [0, 0.05) is 24.2 Å². The smallest absolute Gasteiger partial charge is 0.170 e. The van der Waals surface area contributed by atoms with E-state index in [2.05, 4.69) is 26.6 Å². The van der Waals surface area contributed by atoms with Crippen LogP contribution in [0.15, 0.2) is 22.7 Å². The molecule has 0 heterocycles. The average Bonchev–Trinajstić information content (AvgIpc) is 2.32. The zero-order chi connectivity index (χ0) is 13.4. The Bertz CT molecular complexity index is 404. The number of anilines is 1. The first-order valence-corrected chi connectivity index (χ1v) is 6.91. The van der Waals surface area contributed by atoms with Crippen LogP contribution in [0.2, 0.25) is 0 Å². The zero-order valence-corrected chi connectivity index (χ0v) is 12.5. The van der Waals surface area contributed by atoms with Crippen LogP contribution in [-0.4, -0.2) is 24.9 Å². The van der Waals surface area contributed by atoms with Crippen molar-refractivity contribution < 1.29 is 9.13 Å². The predicted molar refractivity (Wildman–Crippen MR) is 79.4 cm³/mol. The van der Waals surface area contributed by atoms with Crippen LogP contribution in [-0.2, 0) is 4.74 Å². The Kier molecular flexibility index (Phi) is 7.15. The Morgan fingerprint density at radius 2 is 2.28 bits per heavy atom. The summed E-state index contributed by atoms with van der Waals surface area (Å²) in [6, 6.07) is 4.77. The molecule has 1 rings (SSSR count). The number of nitrogens with one attached hydrogen (secondary N) is 2. The molecule has 0 bridgehead atoms. The van der Waals surface area contributed by atoms with E-state index in [4.69, 9.17) is 17.0 Å². The van der Waals surface area contributed by atoms with Crippen LogP contribution in [0.25, 0.3) is 0 Å². The first kappa shape index (κ1) is 15.3. The van der Waals surface area contributed by atoms with Gasteiger partial charge < -0.3 is 15.4 Å². The molecule has 0 fully saturated rings. The summed E-state index contributed by atoms with van der Waals surface area (Å²) in [5.74, 6) is -0.345. The number of benzene rings is 1. The van der Waals surface area contributed by atoms with Gasteiger partial charge in [0.2, 0.25) is 0 Å². The van der Waals surface area contributed by atoms with Crippen LogP contribution in [0.3, 0.4) is 0 Å². The molecule has 0 spiro atoms. The molecule has 2 N–H and O–H groups in total. The van der Waals surface area contributed by atoms with Crippen LogP contribution < -0.4 is 10.6 Å². The molecule has 0 aliphatic rings. The van der Waals surface area contributed by atoms with Crippen molar-refractivity contribution in [3.8, 4) is 0 Å². The highest BCUT2D eigenvalue weighted by Gasteiger charge is 2.04. The number of hydrogen-bond acceptors (Lipinski definition) is 2. The molecule has 1 aromatic carbocycles. The minimum absolute atomic E-state index is 0.345. The lowest BCUT2D eigenvalue weighted by atomic mass is 10.3. The Morgan fingerprint density at radius 3 is 2.94 bits per heavy atom. The number of halogens is 2. The quantitative estimate of drug-likeness (QED) is 0.617. The number of ether oxygens (including phenoxy) is 1. The fourth-order valence-electron chi connectivity index (χ4n) is 1.28. The third-order valence-corrected chi connectivity index (χ3v) is 2.87. The molecule has 0 radical (unpaired) electrons. The first-order valence-electron chi connectivity index (χ1n) is 5.71. The Hall–Kier alpha value is -0.720. The number of thiocarbonyl (C=S) groups is 1. The van der Waals surface area contributed by atoms with Crippen LogP contribution in [0.5, 0.6) is 0 Å². The summed E-state index contributed by atoms with van der Waals surface area (Å²) in [6.45, 7) is 4.06. The van der Waals surface area contributed by atoms with Gasteiger partial charge in [0.15, 0.2) is 5.11 Å². The maximum atomic E-state index is 13.5. The first-order chi connectivity index (χ1) is 8.63. The highest BCUT2D eigenvalue weighted by Crippen LogP contribution is 2.19. The van der Waals surface area contributed by atoms with E-state index in [0.29, 0.717) is 35.0 Å². The molecule has 6 heteroatoms. The lowest BCUT2D eigenvalue weighted by molar-refractivity contribution is 0.146. The monoisotopic (exact) mass is 334 g/mol. The summed E-state index contributed by atoms with van der Waals surface area (Å²) in [6.07, 6.45) is 0.860. The maximum Gasteiger partial charge on any atom is 0.170 e. The standard InChI is InChI=1S/C12H16BrFN2OS/c1-2-17-7-3-6-15-12(18)16-11-5-4-9(13)8-10(11)14/h4-5,8H,2-3,6-7H2,1H3,(H2,15,16,18). The minimum Gasteiger partial charge on any atom is -0.382 e. The van der Waals surface area contributed by atoms with Gasteiger partial charge in [-0.3, -0.25) is 0 Å². The highest BCUT2D eigenvalue weighted by molar-refractivity contribution is 9.10. The van der Waals surface area contributed by atoms with E-state index in [-0.39, 0.29) is 5.82 Å². The van der Waals surface area contributed by atoms with E-state index in [1.54, 1.807) is 12.1 Å². The second-order valence-electron chi connectivity index (χ2n) is 3.56. The summed E-state index contributed by atoms with van der Waals surface area (Å²) >= 11 is 8.26. The van der Waals surface area contributed by atoms with Gasteiger partial charge in [-0.15, -0.1) is 0 Å². The Morgan fingerprint density at radius 1 is 1.50 bits per heavy atom. The summed E-state index contributed by atoms with van der Waals surface area (Å²) in [4.78, 5) is 0. The molecular weight excluding hydrogens is 319 g/mol. The van der Waals surface area contributed by atoms with Crippen molar-refractivity contribution in [3.63, 3.8) is 0 Å². The molecule has 18 heavy (non-hydrogen) atoms. The lowest BCUT2D eigenvalue weighted by Gasteiger charge is -2.11. The molecular formula is C12H16BrFN2OS. The molecule has 3 nitrogen and oxygen atoms in total. The van der Waals surface area contributed by atoms with Gasteiger partial charge in [0.05, 0.1) is 5.69 Å². The second kappa shape index (κ2) is 8.39. The SMILES string of the molecule is CCOCCCNC(=S)Nc1ccc(Br)cc1F. The fourth-order valence-corrected chi connectivity index (χ4v) is 1.82. The van der Waals surface area contributed by atoms with E-state index >= 15 is 0 Å². The molecule has 0 saturated carbocycles. The molecule has 0 aliphatic heterocycles. The number of rotatable bonds is 6.